The Balaban J connectivity index is 2.31. The summed E-state index contributed by atoms with van der Waals surface area (Å²) in [6, 6.07) is 17.4. The molecule has 0 heterocycles. The molecule has 0 spiro atoms. The lowest BCUT2D eigenvalue weighted by molar-refractivity contribution is -0.142. The second-order valence-corrected chi connectivity index (χ2v) is 4.50. The first-order valence-corrected chi connectivity index (χ1v) is 6.51. The van der Waals surface area contributed by atoms with Crippen molar-refractivity contribution in [1.29, 1.82) is 0 Å². The van der Waals surface area contributed by atoms with Crippen molar-refractivity contribution in [2.75, 3.05) is 14.2 Å². The Bertz CT molecular complexity index is 563. The van der Waals surface area contributed by atoms with Gasteiger partial charge in [-0.25, -0.2) is 0 Å². The summed E-state index contributed by atoms with van der Waals surface area (Å²) in [5.74, 6) is 0.233. The summed E-state index contributed by atoms with van der Waals surface area (Å²) in [4.78, 5) is 12.1. The first-order valence-electron chi connectivity index (χ1n) is 6.51. The van der Waals surface area contributed by atoms with Crippen LogP contribution in [0.4, 0.5) is 0 Å². The van der Waals surface area contributed by atoms with Gasteiger partial charge in [0.25, 0.3) is 0 Å². The Morgan fingerprint density at radius 3 is 2.30 bits per heavy atom. The summed E-state index contributed by atoms with van der Waals surface area (Å²) in [6.45, 7) is 0. The Kier molecular flexibility index (Phi) is 4.77. The fourth-order valence-electron chi connectivity index (χ4n) is 2.26. The average Bonchev–Trinajstić information content (AvgIpc) is 2.53. The zero-order valence-corrected chi connectivity index (χ0v) is 11.7. The van der Waals surface area contributed by atoms with Crippen molar-refractivity contribution in [1.82, 2.24) is 0 Å². The highest BCUT2D eigenvalue weighted by molar-refractivity contribution is 5.78. The van der Waals surface area contributed by atoms with Crippen LogP contribution in [0.5, 0.6) is 5.75 Å². The predicted octanol–water partition coefficient (Wildman–Crippen LogP) is 3.19. The van der Waals surface area contributed by atoms with Crippen molar-refractivity contribution in [2.24, 2.45) is 0 Å². The van der Waals surface area contributed by atoms with Crippen LogP contribution in [-0.2, 0) is 16.0 Å². The third-order valence-corrected chi connectivity index (χ3v) is 3.30. The molecule has 0 radical (unpaired) electrons. The number of hydrogen-bond acceptors (Lipinski definition) is 3. The van der Waals surface area contributed by atoms with Crippen LogP contribution in [0.3, 0.4) is 0 Å². The van der Waals surface area contributed by atoms with E-state index in [0.29, 0.717) is 6.42 Å². The van der Waals surface area contributed by atoms with Crippen LogP contribution < -0.4 is 4.74 Å². The molecule has 20 heavy (non-hydrogen) atoms. The van der Waals surface area contributed by atoms with Gasteiger partial charge in [-0.2, -0.15) is 0 Å². The van der Waals surface area contributed by atoms with Crippen LogP contribution >= 0.6 is 0 Å². The molecule has 0 amide bonds. The molecule has 0 aliphatic carbocycles. The van der Waals surface area contributed by atoms with Gasteiger partial charge in [0.2, 0.25) is 0 Å². The molecule has 0 bridgehead atoms. The van der Waals surface area contributed by atoms with Crippen LogP contribution in [-0.4, -0.2) is 20.2 Å². The summed E-state index contributed by atoms with van der Waals surface area (Å²) in [5.41, 5.74) is 1.94. The SMILES string of the molecule is COC(=O)[C@H](Cc1ccccc1OC)c1ccccc1. The highest BCUT2D eigenvalue weighted by Gasteiger charge is 2.22. The van der Waals surface area contributed by atoms with Gasteiger partial charge < -0.3 is 9.47 Å². The zero-order chi connectivity index (χ0) is 14.4. The molecule has 0 unspecified atom stereocenters. The Labute approximate surface area is 119 Å². The molecule has 104 valence electrons. The third kappa shape index (κ3) is 3.18. The van der Waals surface area contributed by atoms with Gasteiger partial charge in [0.15, 0.2) is 0 Å². The topological polar surface area (TPSA) is 35.5 Å². The van der Waals surface area contributed by atoms with Gasteiger partial charge in [-0.3, -0.25) is 4.79 Å². The van der Waals surface area contributed by atoms with Gasteiger partial charge in [-0.1, -0.05) is 48.5 Å². The fourth-order valence-corrected chi connectivity index (χ4v) is 2.26. The monoisotopic (exact) mass is 270 g/mol. The van der Waals surface area contributed by atoms with E-state index < -0.39 is 0 Å². The zero-order valence-electron chi connectivity index (χ0n) is 11.7. The smallest absolute Gasteiger partial charge is 0.313 e. The van der Waals surface area contributed by atoms with Crippen LogP contribution in [0.1, 0.15) is 17.0 Å². The summed E-state index contributed by atoms with van der Waals surface area (Å²) in [6.07, 6.45) is 0.556. The number of hydrogen-bond donors (Lipinski definition) is 0. The van der Waals surface area contributed by atoms with Crippen LogP contribution in [0.25, 0.3) is 0 Å². The molecule has 1 atom stereocenters. The van der Waals surface area contributed by atoms with Gasteiger partial charge in [0.1, 0.15) is 5.75 Å². The minimum absolute atomic E-state index is 0.234. The molecule has 2 aromatic rings. The first-order chi connectivity index (χ1) is 9.76. The number of carbonyl (C=O) groups excluding carboxylic acids is 1. The van der Waals surface area contributed by atoms with E-state index in [4.69, 9.17) is 9.47 Å². The van der Waals surface area contributed by atoms with Gasteiger partial charge >= 0.3 is 5.97 Å². The Morgan fingerprint density at radius 1 is 1.00 bits per heavy atom. The van der Waals surface area contributed by atoms with Gasteiger partial charge in [-0.05, 0) is 23.6 Å². The highest BCUT2D eigenvalue weighted by atomic mass is 16.5. The number of carbonyl (C=O) groups is 1. The molecule has 2 aromatic carbocycles. The van der Waals surface area contributed by atoms with Crippen molar-refractivity contribution < 1.29 is 14.3 Å². The van der Waals surface area contributed by atoms with Gasteiger partial charge in [-0.15, -0.1) is 0 Å². The highest BCUT2D eigenvalue weighted by Crippen LogP contribution is 2.27. The van der Waals surface area contributed by atoms with Gasteiger partial charge in [0.05, 0.1) is 20.1 Å². The minimum atomic E-state index is -0.322. The van der Waals surface area contributed by atoms with Crippen molar-refractivity contribution in [2.45, 2.75) is 12.3 Å². The van der Waals surface area contributed by atoms with E-state index in [1.54, 1.807) is 7.11 Å². The van der Waals surface area contributed by atoms with Crippen molar-refractivity contribution in [3.8, 4) is 5.75 Å². The van der Waals surface area contributed by atoms with E-state index in [-0.39, 0.29) is 11.9 Å². The summed E-state index contributed by atoms with van der Waals surface area (Å²) < 4.78 is 10.3. The summed E-state index contributed by atoms with van der Waals surface area (Å²) in [7, 11) is 3.05. The van der Waals surface area contributed by atoms with Crippen LogP contribution in [0, 0.1) is 0 Å². The van der Waals surface area contributed by atoms with Crippen molar-refractivity contribution in [3.05, 3.63) is 65.7 Å². The predicted molar refractivity (Wildman–Crippen MR) is 77.9 cm³/mol. The Morgan fingerprint density at radius 2 is 1.65 bits per heavy atom. The maximum atomic E-state index is 12.1. The summed E-state index contributed by atoms with van der Waals surface area (Å²) in [5, 5.41) is 0. The molecule has 0 aliphatic heterocycles. The fraction of sp³-hybridized carbons (Fsp3) is 0.235. The van der Waals surface area contributed by atoms with Gasteiger partial charge in [0, 0.05) is 0 Å². The quantitative estimate of drug-likeness (QED) is 0.783. The molecule has 2 rings (SSSR count). The average molecular weight is 270 g/mol. The molecule has 0 saturated carbocycles. The Hall–Kier alpha value is -2.29. The molecule has 3 heteroatoms. The molecular formula is C17H18O3. The molecule has 0 aliphatic rings. The van der Waals surface area contributed by atoms with E-state index in [0.717, 1.165) is 16.9 Å². The number of rotatable bonds is 5. The normalized spacial score (nSPS) is 11.7. The number of methoxy groups -OCH3 is 2. The molecule has 0 aromatic heterocycles. The lowest BCUT2D eigenvalue weighted by Crippen LogP contribution is -2.17. The van der Waals surface area contributed by atoms with E-state index in [9.17, 15) is 4.79 Å². The van der Waals surface area contributed by atoms with E-state index in [2.05, 4.69) is 0 Å². The number of benzene rings is 2. The van der Waals surface area contributed by atoms with E-state index in [1.807, 2.05) is 54.6 Å². The molecule has 0 fully saturated rings. The second kappa shape index (κ2) is 6.75. The lowest BCUT2D eigenvalue weighted by Gasteiger charge is -2.16. The van der Waals surface area contributed by atoms with Crippen LogP contribution in [0.2, 0.25) is 0 Å². The second-order valence-electron chi connectivity index (χ2n) is 4.50. The lowest BCUT2D eigenvalue weighted by atomic mass is 9.91. The van der Waals surface area contributed by atoms with E-state index >= 15 is 0 Å². The first kappa shape index (κ1) is 14.1. The third-order valence-electron chi connectivity index (χ3n) is 3.30. The maximum absolute atomic E-state index is 12.1. The number of esters is 1. The maximum Gasteiger partial charge on any atom is 0.313 e. The van der Waals surface area contributed by atoms with Crippen LogP contribution in [0.15, 0.2) is 54.6 Å². The molecule has 0 saturated heterocycles. The summed E-state index contributed by atoms with van der Waals surface area (Å²) >= 11 is 0. The molecular weight excluding hydrogens is 252 g/mol. The molecule has 0 N–H and O–H groups in total. The number of para-hydroxylation sites is 1. The van der Waals surface area contributed by atoms with Crippen molar-refractivity contribution in [3.63, 3.8) is 0 Å². The largest absolute Gasteiger partial charge is 0.496 e. The standard InChI is InChI=1S/C17H18O3/c1-19-16-11-7-6-10-14(16)12-15(17(18)20-2)13-8-4-3-5-9-13/h3-11,15H,12H2,1-2H3/t15-/m1/s1. The van der Waals surface area contributed by atoms with Crippen molar-refractivity contribution >= 4 is 5.97 Å². The van der Waals surface area contributed by atoms with E-state index in [1.165, 1.54) is 7.11 Å². The number of ether oxygens (including phenoxy) is 2. The minimum Gasteiger partial charge on any atom is -0.496 e. The molecule has 3 nitrogen and oxygen atoms in total.